The molecule has 0 aliphatic rings. The number of rotatable bonds is 7. The predicted octanol–water partition coefficient (Wildman–Crippen LogP) is 2.20. The molecule has 11 heteroatoms. The molecule has 27 heavy (non-hydrogen) atoms. The number of aliphatic hydroxyl groups is 1. The third-order valence-electron chi connectivity index (χ3n) is 3.27. The maximum Gasteiger partial charge on any atom is 0.277 e. The van der Waals surface area contributed by atoms with Gasteiger partial charge in [0.2, 0.25) is 0 Å². The fourth-order valence-electron chi connectivity index (χ4n) is 2.05. The van der Waals surface area contributed by atoms with Crippen molar-refractivity contribution in [3.05, 3.63) is 56.4 Å². The van der Waals surface area contributed by atoms with Crippen molar-refractivity contribution in [2.75, 3.05) is 18.5 Å². The molecule has 0 saturated carbocycles. The van der Waals surface area contributed by atoms with E-state index in [2.05, 4.69) is 10.2 Å². The topological polar surface area (TPSA) is 114 Å². The summed E-state index contributed by atoms with van der Waals surface area (Å²) in [7, 11) is 0. The summed E-state index contributed by atoms with van der Waals surface area (Å²) in [6.07, 6.45) is 0. The van der Waals surface area contributed by atoms with Crippen molar-refractivity contribution in [3.8, 4) is 0 Å². The molecular weight excluding hydrogens is 482 g/mol. The lowest BCUT2D eigenvalue weighted by Gasteiger charge is -2.16. The van der Waals surface area contributed by atoms with Crippen LogP contribution in [0.5, 0.6) is 0 Å². The van der Waals surface area contributed by atoms with Gasteiger partial charge in [0.25, 0.3) is 11.8 Å². The Kier molecular flexibility index (Phi) is 6.98. The second-order valence-electron chi connectivity index (χ2n) is 5.09. The summed E-state index contributed by atoms with van der Waals surface area (Å²) in [6.45, 7) is -0.684. The average molecular weight is 495 g/mol. The molecule has 0 radical (unpaired) electrons. The van der Waals surface area contributed by atoms with Gasteiger partial charge in [0.05, 0.1) is 35.7 Å². The normalized spacial score (nSPS) is 10.6. The Hall–Kier alpha value is -2.38. The molecule has 0 aliphatic heterocycles. The van der Waals surface area contributed by atoms with Gasteiger partial charge in [0, 0.05) is 3.57 Å². The number of carbonyl (C=O) groups is 2. The smallest absolute Gasteiger partial charge is 0.277 e. The van der Waals surface area contributed by atoms with E-state index in [-0.39, 0.29) is 12.3 Å². The molecule has 2 amide bonds. The van der Waals surface area contributed by atoms with Crippen molar-refractivity contribution in [2.24, 2.45) is 5.73 Å². The van der Waals surface area contributed by atoms with E-state index in [4.69, 9.17) is 10.8 Å². The van der Waals surface area contributed by atoms with Gasteiger partial charge in [-0.3, -0.25) is 14.4 Å². The molecule has 2 rings (SSSR count). The van der Waals surface area contributed by atoms with E-state index in [1.807, 2.05) is 28.1 Å². The van der Waals surface area contributed by atoms with Crippen LogP contribution < -0.4 is 16.5 Å². The monoisotopic (exact) mass is 495 g/mol. The second-order valence-corrected chi connectivity index (χ2v) is 6.34. The third-order valence-corrected chi connectivity index (χ3v) is 3.94. The number of hydroxylamine groups is 1. The number of nitrogens with two attached hydrogens (primary N) is 1. The largest absolute Gasteiger partial charge is 0.394 e. The average Bonchev–Trinajstić information content (AvgIpc) is 2.60. The minimum Gasteiger partial charge on any atom is -0.394 e. The first kappa shape index (κ1) is 20.9. The van der Waals surface area contributed by atoms with Crippen LogP contribution >= 0.6 is 22.6 Å². The van der Waals surface area contributed by atoms with Gasteiger partial charge in [-0.2, -0.15) is 0 Å². The predicted molar refractivity (Wildman–Crippen MR) is 97.8 cm³/mol. The molecule has 2 aromatic rings. The van der Waals surface area contributed by atoms with Crippen molar-refractivity contribution >= 4 is 45.8 Å². The molecule has 0 bridgehead atoms. The molecule has 7 nitrogen and oxygen atoms in total. The van der Waals surface area contributed by atoms with E-state index in [9.17, 15) is 22.8 Å². The lowest BCUT2D eigenvalue weighted by molar-refractivity contribution is 0.0168. The van der Waals surface area contributed by atoms with Crippen molar-refractivity contribution in [1.82, 2.24) is 5.48 Å². The molecule has 0 spiro atoms. The van der Waals surface area contributed by atoms with Crippen LogP contribution in [0.2, 0.25) is 0 Å². The highest BCUT2D eigenvalue weighted by Crippen LogP contribution is 2.30. The Morgan fingerprint density at radius 2 is 1.85 bits per heavy atom. The molecule has 0 saturated heterocycles. The third kappa shape index (κ3) is 4.87. The van der Waals surface area contributed by atoms with Crippen LogP contribution in [0.1, 0.15) is 20.7 Å². The molecule has 144 valence electrons. The molecule has 0 atom stereocenters. The summed E-state index contributed by atoms with van der Waals surface area (Å²) in [5.41, 5.74) is 4.51. The maximum atomic E-state index is 14.5. The number of nitrogens with one attached hydrogen (secondary N) is 2. The van der Waals surface area contributed by atoms with Crippen LogP contribution in [0.25, 0.3) is 0 Å². The lowest BCUT2D eigenvalue weighted by atomic mass is 10.1. The zero-order chi connectivity index (χ0) is 20.1. The minimum atomic E-state index is -1.60. The van der Waals surface area contributed by atoms with Gasteiger partial charge in [0.1, 0.15) is 5.82 Å². The van der Waals surface area contributed by atoms with Crippen LogP contribution in [0.15, 0.2) is 24.3 Å². The Morgan fingerprint density at radius 3 is 2.44 bits per heavy atom. The molecule has 0 heterocycles. The van der Waals surface area contributed by atoms with Gasteiger partial charge >= 0.3 is 0 Å². The SMILES string of the molecule is NC(=O)c1cc(C(=O)NOCCO)c(Nc2ccc(I)cc2F)c(F)c1F. The highest BCUT2D eigenvalue weighted by Gasteiger charge is 2.25. The van der Waals surface area contributed by atoms with Gasteiger partial charge in [0.15, 0.2) is 11.6 Å². The van der Waals surface area contributed by atoms with E-state index < -0.39 is 52.7 Å². The van der Waals surface area contributed by atoms with Crippen LogP contribution in [0, 0.1) is 21.0 Å². The van der Waals surface area contributed by atoms with Crippen molar-refractivity contribution in [3.63, 3.8) is 0 Å². The van der Waals surface area contributed by atoms with Crippen LogP contribution in [0.4, 0.5) is 24.5 Å². The minimum absolute atomic E-state index is 0.231. The number of halogens is 4. The number of amides is 2. The summed E-state index contributed by atoms with van der Waals surface area (Å²) in [5, 5.41) is 11.0. The van der Waals surface area contributed by atoms with Crippen LogP contribution in [0.3, 0.4) is 0 Å². The van der Waals surface area contributed by atoms with Crippen molar-refractivity contribution < 1.29 is 32.7 Å². The second kappa shape index (κ2) is 9.01. The molecule has 0 aromatic heterocycles. The number of anilines is 2. The Morgan fingerprint density at radius 1 is 1.15 bits per heavy atom. The number of aliphatic hydroxyl groups excluding tert-OH is 1. The Labute approximate surface area is 164 Å². The van der Waals surface area contributed by atoms with Gasteiger partial charge in [-0.25, -0.2) is 18.7 Å². The van der Waals surface area contributed by atoms with Crippen LogP contribution in [-0.4, -0.2) is 30.1 Å². The molecule has 0 fully saturated rings. The summed E-state index contributed by atoms with van der Waals surface area (Å²) in [4.78, 5) is 28.2. The Bertz CT molecular complexity index is 896. The van der Waals surface area contributed by atoms with Crippen molar-refractivity contribution in [1.29, 1.82) is 0 Å². The fraction of sp³-hybridized carbons (Fsp3) is 0.125. The molecule has 2 aromatic carbocycles. The van der Waals surface area contributed by atoms with E-state index in [1.54, 1.807) is 0 Å². The number of hydrogen-bond acceptors (Lipinski definition) is 5. The van der Waals surface area contributed by atoms with Gasteiger partial charge in [-0.1, -0.05) is 0 Å². The van der Waals surface area contributed by atoms with Crippen LogP contribution in [-0.2, 0) is 4.84 Å². The number of hydrogen-bond donors (Lipinski definition) is 4. The number of carbonyl (C=O) groups excluding carboxylic acids is 2. The van der Waals surface area contributed by atoms with Crippen molar-refractivity contribution in [2.45, 2.75) is 0 Å². The van der Waals surface area contributed by atoms with Gasteiger partial charge < -0.3 is 16.2 Å². The van der Waals surface area contributed by atoms with E-state index in [0.29, 0.717) is 9.64 Å². The fourth-order valence-corrected chi connectivity index (χ4v) is 2.50. The molecular formula is C16H13F3IN3O4. The summed E-state index contributed by atoms with van der Waals surface area (Å²) in [6, 6.07) is 4.62. The molecule has 0 unspecified atom stereocenters. The highest BCUT2D eigenvalue weighted by molar-refractivity contribution is 14.1. The van der Waals surface area contributed by atoms with Gasteiger partial charge in [-0.15, -0.1) is 0 Å². The molecule has 0 aliphatic carbocycles. The quantitative estimate of drug-likeness (QED) is 0.267. The maximum absolute atomic E-state index is 14.5. The highest BCUT2D eigenvalue weighted by atomic mass is 127. The Balaban J connectivity index is 2.54. The summed E-state index contributed by atoms with van der Waals surface area (Å²) < 4.78 is 43.2. The standard InChI is InChI=1S/C16H13F3IN3O4/c17-10-5-7(20)1-2-11(10)22-14-9(16(26)23-27-4-3-24)6-8(15(21)25)12(18)13(14)19/h1-2,5-6,22,24H,3-4H2,(H2,21,25)(H,23,26). The summed E-state index contributed by atoms with van der Waals surface area (Å²) in [5.74, 6) is -6.34. The molecule has 5 N–H and O–H groups in total. The zero-order valence-electron chi connectivity index (χ0n) is 13.5. The van der Waals surface area contributed by atoms with E-state index in [1.165, 1.54) is 12.1 Å². The summed E-state index contributed by atoms with van der Waals surface area (Å²) >= 11 is 1.86. The first-order valence-electron chi connectivity index (χ1n) is 7.33. The zero-order valence-corrected chi connectivity index (χ0v) is 15.6. The number of benzene rings is 2. The lowest BCUT2D eigenvalue weighted by Crippen LogP contribution is -2.27. The first-order valence-corrected chi connectivity index (χ1v) is 8.41. The van der Waals surface area contributed by atoms with Gasteiger partial charge in [-0.05, 0) is 46.9 Å². The first-order chi connectivity index (χ1) is 12.8. The van der Waals surface area contributed by atoms with E-state index in [0.717, 1.165) is 6.07 Å². The van der Waals surface area contributed by atoms with E-state index >= 15 is 0 Å². The number of primary amides is 1.